The van der Waals surface area contributed by atoms with Crippen LogP contribution >= 0.6 is 15.9 Å². The van der Waals surface area contributed by atoms with E-state index < -0.39 is 0 Å². The molecule has 1 heterocycles. The molecule has 1 rings (SSSR count). The lowest BCUT2D eigenvalue weighted by Gasteiger charge is -2.27. The largest absolute Gasteiger partial charge is 0.263 e. The van der Waals surface area contributed by atoms with Crippen LogP contribution in [0, 0.1) is 6.92 Å². The van der Waals surface area contributed by atoms with Gasteiger partial charge in [-0.05, 0) is 45.8 Å². The summed E-state index contributed by atoms with van der Waals surface area (Å²) in [5, 5.41) is 0. The normalized spacial score (nSPS) is 11.8. The minimum absolute atomic E-state index is 0.237. The molecule has 0 spiro atoms. The SMILES string of the molecule is CCCC(C)(C)c1c(C)cncc1Br. The summed E-state index contributed by atoms with van der Waals surface area (Å²) in [4.78, 5) is 4.17. The van der Waals surface area contributed by atoms with Crippen molar-refractivity contribution in [2.45, 2.75) is 46.0 Å². The number of pyridine rings is 1. The third-order valence-corrected chi connectivity index (χ3v) is 3.24. The molecule has 0 aliphatic rings. The fraction of sp³-hybridized carbons (Fsp3) is 0.583. The summed E-state index contributed by atoms with van der Waals surface area (Å²) < 4.78 is 1.14. The lowest BCUT2D eigenvalue weighted by molar-refractivity contribution is 0.468. The molecule has 1 nitrogen and oxygen atoms in total. The highest BCUT2D eigenvalue weighted by Gasteiger charge is 2.23. The van der Waals surface area contributed by atoms with Gasteiger partial charge in [0.1, 0.15) is 0 Å². The summed E-state index contributed by atoms with van der Waals surface area (Å²) in [6.07, 6.45) is 6.24. The predicted octanol–water partition coefficient (Wildman–Crippen LogP) is 4.23. The second-order valence-electron chi connectivity index (χ2n) is 4.45. The van der Waals surface area contributed by atoms with Crippen LogP contribution in [-0.2, 0) is 5.41 Å². The molecular weight excluding hydrogens is 238 g/mol. The Kier molecular flexibility index (Phi) is 3.71. The van der Waals surface area contributed by atoms with Crippen molar-refractivity contribution in [1.29, 1.82) is 0 Å². The minimum atomic E-state index is 0.237. The van der Waals surface area contributed by atoms with Gasteiger partial charge in [0.2, 0.25) is 0 Å². The van der Waals surface area contributed by atoms with Gasteiger partial charge in [-0.25, -0.2) is 0 Å². The smallest absolute Gasteiger partial charge is 0.0413 e. The van der Waals surface area contributed by atoms with Crippen LogP contribution in [0.1, 0.15) is 44.7 Å². The second-order valence-corrected chi connectivity index (χ2v) is 5.30. The molecule has 14 heavy (non-hydrogen) atoms. The van der Waals surface area contributed by atoms with Gasteiger partial charge in [-0.1, -0.05) is 27.2 Å². The third kappa shape index (κ3) is 2.35. The van der Waals surface area contributed by atoms with Crippen LogP contribution in [0.2, 0.25) is 0 Å². The molecule has 1 aromatic heterocycles. The molecule has 0 unspecified atom stereocenters. The van der Waals surface area contributed by atoms with Crippen molar-refractivity contribution in [1.82, 2.24) is 4.98 Å². The maximum Gasteiger partial charge on any atom is 0.0413 e. The maximum atomic E-state index is 4.17. The molecule has 0 saturated carbocycles. The van der Waals surface area contributed by atoms with E-state index in [1.165, 1.54) is 24.0 Å². The number of aromatic nitrogens is 1. The summed E-state index contributed by atoms with van der Waals surface area (Å²) in [5.74, 6) is 0. The number of nitrogens with zero attached hydrogens (tertiary/aromatic N) is 1. The van der Waals surface area contributed by atoms with Gasteiger partial charge >= 0.3 is 0 Å². The molecule has 2 heteroatoms. The topological polar surface area (TPSA) is 12.9 Å². The van der Waals surface area contributed by atoms with Crippen molar-refractivity contribution in [2.24, 2.45) is 0 Å². The molecule has 0 bridgehead atoms. The Morgan fingerprint density at radius 3 is 2.50 bits per heavy atom. The van der Waals surface area contributed by atoms with Crippen molar-refractivity contribution in [3.8, 4) is 0 Å². The minimum Gasteiger partial charge on any atom is -0.263 e. The van der Waals surface area contributed by atoms with E-state index in [1.54, 1.807) is 0 Å². The van der Waals surface area contributed by atoms with E-state index >= 15 is 0 Å². The Balaban J connectivity index is 3.17. The summed E-state index contributed by atoms with van der Waals surface area (Å²) >= 11 is 3.59. The van der Waals surface area contributed by atoms with Crippen LogP contribution < -0.4 is 0 Å². The molecule has 1 aromatic rings. The first-order valence-corrected chi connectivity index (χ1v) is 5.89. The molecule has 0 radical (unpaired) electrons. The zero-order chi connectivity index (χ0) is 10.8. The van der Waals surface area contributed by atoms with Crippen LogP contribution in [0.4, 0.5) is 0 Å². The number of hydrogen-bond acceptors (Lipinski definition) is 1. The summed E-state index contributed by atoms with van der Waals surface area (Å²) in [5.41, 5.74) is 2.91. The zero-order valence-corrected chi connectivity index (χ0v) is 11.0. The highest BCUT2D eigenvalue weighted by atomic mass is 79.9. The van der Waals surface area contributed by atoms with Gasteiger partial charge in [-0.3, -0.25) is 4.98 Å². The molecular formula is C12H18BrN. The Bertz CT molecular complexity index is 298. The molecule has 0 fully saturated rings. The zero-order valence-electron chi connectivity index (χ0n) is 9.39. The molecule has 0 saturated heterocycles. The Labute approximate surface area is 95.1 Å². The van der Waals surface area contributed by atoms with Gasteiger partial charge in [0.05, 0.1) is 0 Å². The van der Waals surface area contributed by atoms with Gasteiger partial charge in [0.15, 0.2) is 0 Å². The maximum absolute atomic E-state index is 4.17. The quantitative estimate of drug-likeness (QED) is 0.788. The van der Waals surface area contributed by atoms with Gasteiger partial charge < -0.3 is 0 Å². The molecule has 0 N–H and O–H groups in total. The van der Waals surface area contributed by atoms with Gasteiger partial charge in [0.25, 0.3) is 0 Å². The van der Waals surface area contributed by atoms with Gasteiger partial charge in [-0.2, -0.15) is 0 Å². The Hall–Kier alpha value is -0.370. The van der Waals surface area contributed by atoms with E-state index in [0.717, 1.165) is 4.47 Å². The van der Waals surface area contributed by atoms with Crippen molar-refractivity contribution in [3.05, 3.63) is 28.0 Å². The molecule has 0 atom stereocenters. The lowest BCUT2D eigenvalue weighted by Crippen LogP contribution is -2.19. The van der Waals surface area contributed by atoms with E-state index in [1.807, 2.05) is 12.4 Å². The number of hydrogen-bond donors (Lipinski definition) is 0. The molecule has 0 amide bonds. The van der Waals surface area contributed by atoms with Crippen LogP contribution in [0.25, 0.3) is 0 Å². The summed E-state index contributed by atoms with van der Waals surface area (Å²) in [6, 6.07) is 0. The van der Waals surface area contributed by atoms with Gasteiger partial charge in [-0.15, -0.1) is 0 Å². The van der Waals surface area contributed by atoms with Gasteiger partial charge in [0, 0.05) is 16.9 Å². The van der Waals surface area contributed by atoms with E-state index in [9.17, 15) is 0 Å². The first kappa shape index (κ1) is 11.7. The van der Waals surface area contributed by atoms with Crippen molar-refractivity contribution < 1.29 is 0 Å². The summed E-state index contributed by atoms with van der Waals surface area (Å²) in [7, 11) is 0. The highest BCUT2D eigenvalue weighted by molar-refractivity contribution is 9.10. The number of halogens is 1. The van der Waals surface area contributed by atoms with Crippen molar-refractivity contribution in [3.63, 3.8) is 0 Å². The average molecular weight is 256 g/mol. The van der Waals surface area contributed by atoms with E-state index in [2.05, 4.69) is 48.6 Å². The first-order chi connectivity index (χ1) is 6.49. The molecule has 0 aliphatic carbocycles. The van der Waals surface area contributed by atoms with Crippen LogP contribution in [0.5, 0.6) is 0 Å². The monoisotopic (exact) mass is 255 g/mol. The average Bonchev–Trinajstić information content (AvgIpc) is 2.02. The third-order valence-electron chi connectivity index (χ3n) is 2.64. The van der Waals surface area contributed by atoms with Crippen LogP contribution in [0.3, 0.4) is 0 Å². The first-order valence-electron chi connectivity index (χ1n) is 5.09. The lowest BCUT2D eigenvalue weighted by atomic mass is 9.79. The fourth-order valence-electron chi connectivity index (χ4n) is 2.14. The van der Waals surface area contributed by atoms with E-state index in [4.69, 9.17) is 0 Å². The van der Waals surface area contributed by atoms with Crippen molar-refractivity contribution >= 4 is 15.9 Å². The summed E-state index contributed by atoms with van der Waals surface area (Å²) in [6.45, 7) is 8.95. The Morgan fingerprint density at radius 2 is 2.00 bits per heavy atom. The molecule has 78 valence electrons. The standard InChI is InChI=1S/C12H18BrN/c1-5-6-12(3,4)11-9(2)7-14-8-10(11)13/h7-8H,5-6H2,1-4H3. The van der Waals surface area contributed by atoms with Crippen molar-refractivity contribution in [2.75, 3.05) is 0 Å². The van der Waals surface area contributed by atoms with E-state index in [-0.39, 0.29) is 5.41 Å². The van der Waals surface area contributed by atoms with Crippen LogP contribution in [-0.4, -0.2) is 4.98 Å². The number of rotatable bonds is 3. The second kappa shape index (κ2) is 4.43. The molecule has 0 aliphatic heterocycles. The number of aryl methyl sites for hydroxylation is 1. The molecule has 0 aromatic carbocycles. The van der Waals surface area contributed by atoms with Crippen LogP contribution in [0.15, 0.2) is 16.9 Å². The fourth-order valence-corrected chi connectivity index (χ4v) is 3.11. The predicted molar refractivity (Wildman–Crippen MR) is 64.6 cm³/mol. The highest BCUT2D eigenvalue weighted by Crippen LogP contribution is 2.35. The Morgan fingerprint density at radius 1 is 1.36 bits per heavy atom. The van der Waals surface area contributed by atoms with E-state index in [0.29, 0.717) is 0 Å².